The minimum atomic E-state index is -0.175. The summed E-state index contributed by atoms with van der Waals surface area (Å²) in [6.45, 7) is 4.02. The van der Waals surface area contributed by atoms with Crippen molar-refractivity contribution in [1.82, 2.24) is 4.90 Å². The summed E-state index contributed by atoms with van der Waals surface area (Å²) in [6.07, 6.45) is 5.06. The zero-order chi connectivity index (χ0) is 12.1. The molecule has 0 radical (unpaired) electrons. The van der Waals surface area contributed by atoms with Gasteiger partial charge < -0.3 is 19.2 Å². The maximum Gasteiger partial charge on any atom is 0.127 e. The Balaban J connectivity index is 1.90. The number of hydrogen-bond acceptors (Lipinski definition) is 4. The molecule has 0 saturated carbocycles. The number of carbonyl (C=O) groups excluding carboxylic acids is 1. The fourth-order valence-corrected chi connectivity index (χ4v) is 2.84. The maximum atomic E-state index is 11.4. The second-order valence-electron chi connectivity index (χ2n) is 5.35. The fraction of sp³-hybridized carbons (Fsp3) is 0.923. The van der Waals surface area contributed by atoms with Gasteiger partial charge in [0.05, 0.1) is 0 Å². The van der Waals surface area contributed by atoms with E-state index in [9.17, 15) is 4.79 Å². The zero-order valence-corrected chi connectivity index (χ0v) is 10.7. The number of aldehydes is 1. The molecular weight excluding hydrogens is 218 g/mol. The summed E-state index contributed by atoms with van der Waals surface area (Å²) in [7, 11) is 2.14. The first-order valence-electron chi connectivity index (χ1n) is 6.58. The van der Waals surface area contributed by atoms with Crippen molar-refractivity contribution in [3.63, 3.8) is 0 Å². The first kappa shape index (κ1) is 13.0. The highest BCUT2D eigenvalue weighted by Crippen LogP contribution is 2.30. The van der Waals surface area contributed by atoms with Crippen molar-refractivity contribution in [2.45, 2.75) is 31.7 Å². The highest BCUT2D eigenvalue weighted by Gasteiger charge is 2.35. The third kappa shape index (κ3) is 3.27. The lowest BCUT2D eigenvalue weighted by Gasteiger charge is -2.39. The van der Waals surface area contributed by atoms with Gasteiger partial charge in [0.2, 0.25) is 0 Å². The Labute approximate surface area is 103 Å². The van der Waals surface area contributed by atoms with Crippen LogP contribution in [0.15, 0.2) is 0 Å². The average molecular weight is 241 g/mol. The second-order valence-corrected chi connectivity index (χ2v) is 5.35. The molecule has 0 aliphatic carbocycles. The monoisotopic (exact) mass is 241 g/mol. The zero-order valence-electron chi connectivity index (χ0n) is 10.7. The van der Waals surface area contributed by atoms with Crippen LogP contribution in [0.3, 0.4) is 0 Å². The number of nitrogens with zero attached hydrogens (tertiary/aromatic N) is 1. The molecule has 98 valence electrons. The first-order chi connectivity index (χ1) is 8.26. The van der Waals surface area contributed by atoms with E-state index in [1.165, 1.54) is 0 Å². The van der Waals surface area contributed by atoms with Crippen LogP contribution >= 0.6 is 0 Å². The van der Waals surface area contributed by atoms with Crippen molar-refractivity contribution in [2.24, 2.45) is 5.41 Å². The predicted molar refractivity (Wildman–Crippen MR) is 65.0 cm³/mol. The van der Waals surface area contributed by atoms with E-state index in [1.54, 1.807) is 0 Å². The largest absolute Gasteiger partial charge is 0.381 e. The van der Waals surface area contributed by atoms with E-state index in [-0.39, 0.29) is 5.41 Å². The van der Waals surface area contributed by atoms with Crippen molar-refractivity contribution in [3.05, 3.63) is 0 Å². The van der Waals surface area contributed by atoms with E-state index in [0.29, 0.717) is 6.04 Å². The van der Waals surface area contributed by atoms with Gasteiger partial charge in [-0.3, -0.25) is 0 Å². The van der Waals surface area contributed by atoms with Crippen LogP contribution in [0.25, 0.3) is 0 Å². The van der Waals surface area contributed by atoms with E-state index in [0.717, 1.165) is 64.9 Å². The highest BCUT2D eigenvalue weighted by molar-refractivity contribution is 5.60. The third-order valence-corrected chi connectivity index (χ3v) is 4.12. The SMILES string of the molecule is CN(CC1(C=O)CCOCC1)C1CCOCC1. The van der Waals surface area contributed by atoms with Crippen LogP contribution in [0.5, 0.6) is 0 Å². The van der Waals surface area contributed by atoms with Gasteiger partial charge in [-0.15, -0.1) is 0 Å². The normalized spacial score (nSPS) is 26.0. The van der Waals surface area contributed by atoms with Crippen molar-refractivity contribution in [3.8, 4) is 0 Å². The van der Waals surface area contributed by atoms with Crippen LogP contribution in [0.2, 0.25) is 0 Å². The summed E-state index contributed by atoms with van der Waals surface area (Å²) in [4.78, 5) is 13.7. The molecule has 4 nitrogen and oxygen atoms in total. The van der Waals surface area contributed by atoms with Gasteiger partial charge in [0.15, 0.2) is 0 Å². The Hall–Kier alpha value is -0.450. The van der Waals surface area contributed by atoms with Crippen molar-refractivity contribution < 1.29 is 14.3 Å². The Bertz CT molecular complexity index is 245. The number of carbonyl (C=O) groups is 1. The molecule has 0 spiro atoms. The standard InChI is InChI=1S/C13H23NO3/c1-14(12-2-6-16-7-3-12)10-13(11-15)4-8-17-9-5-13/h11-12H,2-10H2,1H3. The predicted octanol–water partition coefficient (Wildman–Crippen LogP) is 1.09. The third-order valence-electron chi connectivity index (χ3n) is 4.12. The summed E-state index contributed by atoms with van der Waals surface area (Å²) >= 11 is 0. The minimum Gasteiger partial charge on any atom is -0.381 e. The molecule has 0 N–H and O–H groups in total. The van der Waals surface area contributed by atoms with Gasteiger partial charge in [-0.2, -0.15) is 0 Å². The van der Waals surface area contributed by atoms with E-state index in [4.69, 9.17) is 9.47 Å². The van der Waals surface area contributed by atoms with Gasteiger partial charge in [0.1, 0.15) is 6.29 Å². The number of ether oxygens (including phenoxy) is 2. The van der Waals surface area contributed by atoms with Crippen LogP contribution in [0.1, 0.15) is 25.7 Å². The van der Waals surface area contributed by atoms with Gasteiger partial charge in [-0.05, 0) is 32.7 Å². The Morgan fingerprint density at radius 3 is 2.35 bits per heavy atom. The molecule has 2 heterocycles. The Morgan fingerprint density at radius 2 is 1.76 bits per heavy atom. The fourth-order valence-electron chi connectivity index (χ4n) is 2.84. The van der Waals surface area contributed by atoms with Crippen LogP contribution < -0.4 is 0 Å². The molecule has 0 atom stereocenters. The molecule has 2 saturated heterocycles. The summed E-state index contributed by atoms with van der Waals surface area (Å²) in [6, 6.07) is 0.573. The molecule has 2 fully saturated rings. The molecule has 0 unspecified atom stereocenters. The molecule has 4 heteroatoms. The van der Waals surface area contributed by atoms with E-state index < -0.39 is 0 Å². The smallest absolute Gasteiger partial charge is 0.127 e. The lowest BCUT2D eigenvalue weighted by Crippen LogP contribution is -2.46. The molecule has 0 aromatic carbocycles. The van der Waals surface area contributed by atoms with E-state index in [2.05, 4.69) is 11.9 Å². The molecule has 2 aliphatic heterocycles. The van der Waals surface area contributed by atoms with Crippen LogP contribution in [0.4, 0.5) is 0 Å². The van der Waals surface area contributed by atoms with Gasteiger partial charge in [0.25, 0.3) is 0 Å². The highest BCUT2D eigenvalue weighted by atomic mass is 16.5. The maximum absolute atomic E-state index is 11.4. The summed E-state index contributed by atoms with van der Waals surface area (Å²) in [5.74, 6) is 0. The quantitative estimate of drug-likeness (QED) is 0.691. The van der Waals surface area contributed by atoms with E-state index in [1.807, 2.05) is 0 Å². The molecule has 2 aliphatic rings. The van der Waals surface area contributed by atoms with Gasteiger partial charge >= 0.3 is 0 Å². The van der Waals surface area contributed by atoms with Crippen molar-refractivity contribution in [1.29, 1.82) is 0 Å². The van der Waals surface area contributed by atoms with E-state index >= 15 is 0 Å². The summed E-state index contributed by atoms with van der Waals surface area (Å²) < 4.78 is 10.7. The average Bonchev–Trinajstić information content (AvgIpc) is 2.41. The molecule has 0 amide bonds. The summed E-state index contributed by atoms with van der Waals surface area (Å²) in [5.41, 5.74) is -0.175. The van der Waals surface area contributed by atoms with Gasteiger partial charge in [0, 0.05) is 44.4 Å². The second kappa shape index (κ2) is 5.94. The lowest BCUT2D eigenvalue weighted by atomic mass is 9.81. The van der Waals surface area contributed by atoms with Crippen molar-refractivity contribution >= 4 is 6.29 Å². The van der Waals surface area contributed by atoms with Gasteiger partial charge in [-0.1, -0.05) is 0 Å². The van der Waals surface area contributed by atoms with Crippen LogP contribution in [-0.4, -0.2) is 57.2 Å². The minimum absolute atomic E-state index is 0.175. The molecule has 0 aromatic rings. The van der Waals surface area contributed by atoms with Crippen molar-refractivity contribution in [2.75, 3.05) is 40.0 Å². The molecular formula is C13H23NO3. The molecule has 0 bridgehead atoms. The first-order valence-corrected chi connectivity index (χ1v) is 6.58. The van der Waals surface area contributed by atoms with Crippen LogP contribution in [0, 0.1) is 5.41 Å². The number of hydrogen-bond donors (Lipinski definition) is 0. The molecule has 2 rings (SSSR count). The van der Waals surface area contributed by atoms with Crippen LogP contribution in [-0.2, 0) is 14.3 Å². The molecule has 17 heavy (non-hydrogen) atoms. The van der Waals surface area contributed by atoms with Gasteiger partial charge in [-0.25, -0.2) is 0 Å². The Morgan fingerprint density at radius 1 is 1.18 bits per heavy atom. The summed E-state index contributed by atoms with van der Waals surface area (Å²) in [5, 5.41) is 0. The lowest BCUT2D eigenvalue weighted by molar-refractivity contribution is -0.123. The molecule has 0 aromatic heterocycles. The number of rotatable bonds is 4. The Kier molecular flexibility index (Phi) is 4.54. The topological polar surface area (TPSA) is 38.8 Å².